The number of carbonyl (C=O) groups excluding carboxylic acids is 1. The largest absolute Gasteiger partial charge is 0.469 e. The summed E-state index contributed by atoms with van der Waals surface area (Å²) in [7, 11) is 1.00. The molecule has 0 spiro atoms. The van der Waals surface area contributed by atoms with Crippen LogP contribution in [0.5, 0.6) is 0 Å². The van der Waals surface area contributed by atoms with Gasteiger partial charge in [-0.25, -0.2) is 0 Å². The maximum atomic E-state index is 11.6. The van der Waals surface area contributed by atoms with Crippen LogP contribution in [0.1, 0.15) is 31.6 Å². The van der Waals surface area contributed by atoms with Gasteiger partial charge in [0.05, 0.1) is 13.5 Å². The molecule has 0 saturated carbocycles. The summed E-state index contributed by atoms with van der Waals surface area (Å²) in [6.45, 7) is 5.45. The van der Waals surface area contributed by atoms with Crippen molar-refractivity contribution < 1.29 is 18.8 Å². The number of rotatable bonds is 4. The maximum Gasteiger partial charge on any atom is 0.465 e. The first kappa shape index (κ1) is 15.1. The highest BCUT2D eigenvalue weighted by molar-refractivity contribution is 6.47. The first-order chi connectivity index (χ1) is 9.52. The van der Waals surface area contributed by atoms with Gasteiger partial charge < -0.3 is 14.0 Å². The van der Waals surface area contributed by atoms with E-state index in [-0.39, 0.29) is 23.6 Å². The van der Waals surface area contributed by atoms with Crippen LogP contribution < -0.4 is 0 Å². The molecule has 5 heteroatoms. The third-order valence-electron chi connectivity index (χ3n) is 3.45. The summed E-state index contributed by atoms with van der Waals surface area (Å²) < 4.78 is 16.4. The average molecular weight is 276 g/mol. The Bertz CT molecular complexity index is 436. The molecule has 0 aliphatic carbocycles. The van der Waals surface area contributed by atoms with E-state index in [2.05, 4.69) is 13.8 Å². The topological polar surface area (TPSA) is 44.8 Å². The van der Waals surface area contributed by atoms with Gasteiger partial charge in [-0.15, -0.1) is 0 Å². The Morgan fingerprint density at radius 3 is 2.45 bits per heavy atom. The van der Waals surface area contributed by atoms with Gasteiger partial charge in [-0.3, -0.25) is 4.79 Å². The van der Waals surface area contributed by atoms with Crippen molar-refractivity contribution in [2.75, 3.05) is 20.3 Å². The molecular formula is C15H21BO4. The third kappa shape index (κ3) is 3.84. The Labute approximate surface area is 120 Å². The van der Waals surface area contributed by atoms with E-state index in [1.807, 2.05) is 30.3 Å². The van der Waals surface area contributed by atoms with Gasteiger partial charge in [-0.1, -0.05) is 44.2 Å². The number of esters is 1. The van der Waals surface area contributed by atoms with Crippen molar-refractivity contribution in [1.82, 2.24) is 0 Å². The van der Waals surface area contributed by atoms with Crippen molar-refractivity contribution in [3.05, 3.63) is 35.9 Å². The standard InChI is InChI=1S/C15H21BO4/c1-15(2)10-19-16(20-11-15)13(9-14(17)18-3)12-7-5-4-6-8-12/h4-8,13H,9-11H2,1-3H3. The predicted molar refractivity (Wildman–Crippen MR) is 77.3 cm³/mol. The van der Waals surface area contributed by atoms with Crippen LogP contribution in [0.4, 0.5) is 0 Å². The molecule has 1 aromatic carbocycles. The first-order valence-electron chi connectivity index (χ1n) is 6.87. The van der Waals surface area contributed by atoms with Gasteiger partial charge in [0.2, 0.25) is 0 Å². The second kappa shape index (κ2) is 6.42. The summed E-state index contributed by atoms with van der Waals surface area (Å²) in [5.74, 6) is -0.393. The molecule has 0 aromatic heterocycles. The fourth-order valence-electron chi connectivity index (χ4n) is 2.27. The molecule has 1 fully saturated rings. The molecule has 1 unspecified atom stereocenters. The highest BCUT2D eigenvalue weighted by Gasteiger charge is 2.39. The Morgan fingerprint density at radius 1 is 1.30 bits per heavy atom. The zero-order chi connectivity index (χ0) is 14.6. The highest BCUT2D eigenvalue weighted by Crippen LogP contribution is 2.30. The molecule has 0 amide bonds. The number of ether oxygens (including phenoxy) is 1. The quantitative estimate of drug-likeness (QED) is 0.626. The summed E-state index contributed by atoms with van der Waals surface area (Å²) in [6.07, 6.45) is 0.256. The predicted octanol–water partition coefficient (Wildman–Crippen LogP) is 2.43. The van der Waals surface area contributed by atoms with Gasteiger partial charge in [-0.05, 0) is 5.56 Å². The minimum atomic E-state index is -0.399. The molecule has 20 heavy (non-hydrogen) atoms. The van der Waals surface area contributed by atoms with Gasteiger partial charge >= 0.3 is 13.1 Å². The van der Waals surface area contributed by atoms with Crippen LogP contribution in [0.2, 0.25) is 0 Å². The third-order valence-corrected chi connectivity index (χ3v) is 3.45. The van der Waals surface area contributed by atoms with E-state index in [1.165, 1.54) is 7.11 Å². The van der Waals surface area contributed by atoms with E-state index in [0.29, 0.717) is 13.2 Å². The van der Waals surface area contributed by atoms with Gasteiger partial charge in [0.15, 0.2) is 0 Å². The number of hydrogen-bond donors (Lipinski definition) is 0. The fourth-order valence-corrected chi connectivity index (χ4v) is 2.27. The molecule has 108 valence electrons. The zero-order valence-electron chi connectivity index (χ0n) is 12.3. The van der Waals surface area contributed by atoms with Gasteiger partial charge in [0.25, 0.3) is 0 Å². The van der Waals surface area contributed by atoms with Crippen molar-refractivity contribution in [3.8, 4) is 0 Å². The van der Waals surface area contributed by atoms with Gasteiger partial charge in [0.1, 0.15) is 0 Å². The second-order valence-electron chi connectivity index (χ2n) is 5.95. The van der Waals surface area contributed by atoms with Gasteiger partial charge in [-0.2, -0.15) is 0 Å². The lowest BCUT2D eigenvalue weighted by molar-refractivity contribution is -0.140. The van der Waals surface area contributed by atoms with Crippen LogP contribution in [-0.4, -0.2) is 33.4 Å². The first-order valence-corrected chi connectivity index (χ1v) is 6.87. The minimum absolute atomic E-state index is 0.0169. The van der Waals surface area contributed by atoms with Crippen LogP contribution in [0.3, 0.4) is 0 Å². The Morgan fingerprint density at radius 2 is 1.90 bits per heavy atom. The SMILES string of the molecule is COC(=O)CC(B1OCC(C)(C)CO1)c1ccccc1. The van der Waals surface area contributed by atoms with Crippen LogP contribution in [0.25, 0.3) is 0 Å². The zero-order valence-corrected chi connectivity index (χ0v) is 12.3. The molecule has 1 aliphatic heterocycles. The van der Waals surface area contributed by atoms with Crippen LogP contribution >= 0.6 is 0 Å². The lowest BCUT2D eigenvalue weighted by Crippen LogP contribution is -2.44. The van der Waals surface area contributed by atoms with E-state index >= 15 is 0 Å². The van der Waals surface area contributed by atoms with E-state index in [9.17, 15) is 4.79 Å². The molecule has 1 saturated heterocycles. The molecule has 1 aliphatic rings. The average Bonchev–Trinajstić information content (AvgIpc) is 2.46. The van der Waals surface area contributed by atoms with Crippen molar-refractivity contribution in [2.24, 2.45) is 5.41 Å². The van der Waals surface area contributed by atoms with Crippen LogP contribution in [0.15, 0.2) is 30.3 Å². The molecule has 1 heterocycles. The maximum absolute atomic E-state index is 11.6. The van der Waals surface area contributed by atoms with E-state index in [1.54, 1.807) is 0 Å². The minimum Gasteiger partial charge on any atom is -0.469 e. The molecular weight excluding hydrogens is 255 g/mol. The van der Waals surface area contributed by atoms with E-state index in [4.69, 9.17) is 14.0 Å². The fraction of sp³-hybridized carbons (Fsp3) is 0.533. The Kier molecular flexibility index (Phi) is 4.84. The molecule has 0 N–H and O–H groups in total. The van der Waals surface area contributed by atoms with Gasteiger partial charge in [0, 0.05) is 24.4 Å². The molecule has 2 rings (SSSR count). The summed E-state index contributed by atoms with van der Waals surface area (Å²) >= 11 is 0. The van der Waals surface area contributed by atoms with Crippen molar-refractivity contribution in [3.63, 3.8) is 0 Å². The molecule has 1 aromatic rings. The normalized spacial score (nSPS) is 19.4. The van der Waals surface area contributed by atoms with Crippen molar-refractivity contribution >= 4 is 13.1 Å². The summed E-state index contributed by atoms with van der Waals surface area (Å²) in [4.78, 5) is 11.6. The Balaban J connectivity index is 2.13. The lowest BCUT2D eigenvalue weighted by atomic mass is 9.64. The summed E-state index contributed by atoms with van der Waals surface area (Å²) in [5, 5.41) is 0. The molecule has 4 nitrogen and oxygen atoms in total. The molecule has 0 radical (unpaired) electrons. The lowest BCUT2D eigenvalue weighted by Gasteiger charge is -2.35. The van der Waals surface area contributed by atoms with Crippen LogP contribution in [0, 0.1) is 5.41 Å². The number of carbonyl (C=O) groups is 1. The number of methoxy groups -OCH3 is 1. The van der Waals surface area contributed by atoms with E-state index < -0.39 is 7.12 Å². The number of benzene rings is 1. The highest BCUT2D eigenvalue weighted by atomic mass is 16.6. The summed E-state index contributed by atoms with van der Waals surface area (Å²) in [5.41, 5.74) is 1.05. The smallest absolute Gasteiger partial charge is 0.465 e. The molecule has 1 atom stereocenters. The number of hydrogen-bond acceptors (Lipinski definition) is 4. The second-order valence-corrected chi connectivity index (χ2v) is 5.95. The van der Waals surface area contributed by atoms with Crippen molar-refractivity contribution in [1.29, 1.82) is 0 Å². The van der Waals surface area contributed by atoms with E-state index in [0.717, 1.165) is 5.56 Å². The van der Waals surface area contributed by atoms with Crippen LogP contribution in [-0.2, 0) is 18.8 Å². The molecule has 0 bridgehead atoms. The monoisotopic (exact) mass is 276 g/mol. The van der Waals surface area contributed by atoms with Crippen molar-refractivity contribution in [2.45, 2.75) is 26.1 Å². The summed E-state index contributed by atoms with van der Waals surface area (Å²) in [6, 6.07) is 9.82. The Hall–Kier alpha value is -1.33.